The van der Waals surface area contributed by atoms with E-state index in [9.17, 15) is 18.5 Å². The van der Waals surface area contributed by atoms with Crippen LogP contribution >= 0.6 is 0 Å². The largest absolute Gasteiger partial charge is 0.514 e. The number of fused-ring (bicyclic) bond motifs is 2. The van der Waals surface area contributed by atoms with Crippen molar-refractivity contribution >= 4 is 22.3 Å². The molecule has 3 aliphatic rings. The van der Waals surface area contributed by atoms with Crippen LogP contribution in [-0.4, -0.2) is 23.3 Å². The van der Waals surface area contributed by atoms with Gasteiger partial charge < -0.3 is 23.7 Å². The maximum Gasteiger partial charge on any atom is 0.322 e. The molecule has 4 rings (SSSR count). The van der Waals surface area contributed by atoms with Gasteiger partial charge in [-0.1, -0.05) is 6.08 Å². The van der Waals surface area contributed by atoms with Gasteiger partial charge in [0.15, 0.2) is 0 Å². The van der Waals surface area contributed by atoms with Gasteiger partial charge >= 0.3 is 6.03 Å². The number of aliphatic hydroxyl groups is 1. The molecule has 1 heterocycles. The molecule has 152 valence electrons. The molecular formula is C20H24FN2O4S-. The highest BCUT2D eigenvalue weighted by atomic mass is 32.2. The van der Waals surface area contributed by atoms with E-state index in [4.69, 9.17) is 4.74 Å². The summed E-state index contributed by atoms with van der Waals surface area (Å²) in [6.45, 7) is 3.40. The maximum absolute atomic E-state index is 14.7. The number of nitrogens with one attached hydrogen (secondary N) is 1. The van der Waals surface area contributed by atoms with E-state index in [1.54, 1.807) is 19.9 Å². The molecule has 2 aliphatic carbocycles. The molecule has 28 heavy (non-hydrogen) atoms. The number of nitrogens with zero attached hydrogens (tertiary/aromatic N) is 1. The van der Waals surface area contributed by atoms with Crippen molar-refractivity contribution in [1.82, 2.24) is 0 Å². The molecule has 0 spiro atoms. The first kappa shape index (κ1) is 19.4. The minimum atomic E-state index is -1.99. The zero-order chi connectivity index (χ0) is 20.0. The fourth-order valence-electron chi connectivity index (χ4n) is 4.51. The predicted octanol–water partition coefficient (Wildman–Crippen LogP) is 3.74. The minimum Gasteiger partial charge on any atom is -0.514 e. The molecule has 2 N–H and O–H groups in total. The second-order valence-electron chi connectivity index (χ2n) is 7.71. The van der Waals surface area contributed by atoms with Crippen LogP contribution in [0.1, 0.15) is 48.9 Å². The van der Waals surface area contributed by atoms with Gasteiger partial charge in [-0.3, -0.25) is 0 Å². The topological polar surface area (TPSA) is 88.0 Å². The number of amides is 2. The van der Waals surface area contributed by atoms with E-state index >= 15 is 0 Å². The van der Waals surface area contributed by atoms with Gasteiger partial charge in [0.2, 0.25) is 0 Å². The summed E-state index contributed by atoms with van der Waals surface area (Å²) in [4.78, 5) is 12.5. The van der Waals surface area contributed by atoms with Crippen molar-refractivity contribution in [3.05, 3.63) is 39.2 Å². The molecule has 0 radical (unpaired) electrons. The Morgan fingerprint density at radius 2 is 1.82 bits per heavy atom. The number of hydrogen-bond acceptors (Lipinski definition) is 5. The van der Waals surface area contributed by atoms with Gasteiger partial charge in [0.05, 0.1) is 6.10 Å². The van der Waals surface area contributed by atoms with Crippen LogP contribution in [0.5, 0.6) is 0 Å². The Kier molecular flexibility index (Phi) is 5.18. The molecular weight excluding hydrogens is 383 g/mol. The van der Waals surface area contributed by atoms with Gasteiger partial charge in [-0.2, -0.15) is 0 Å². The second-order valence-corrected chi connectivity index (χ2v) is 8.79. The smallest absolute Gasteiger partial charge is 0.322 e. The van der Waals surface area contributed by atoms with Crippen LogP contribution in [-0.2, 0) is 45.2 Å². The Labute approximate surface area is 165 Å². The summed E-state index contributed by atoms with van der Waals surface area (Å²) < 4.78 is 36.3. The molecule has 8 heteroatoms. The van der Waals surface area contributed by atoms with Crippen LogP contribution < -0.4 is 5.32 Å². The van der Waals surface area contributed by atoms with Gasteiger partial charge in [0, 0.05) is 16.7 Å². The van der Waals surface area contributed by atoms with Crippen molar-refractivity contribution in [3.63, 3.8) is 0 Å². The van der Waals surface area contributed by atoms with Crippen LogP contribution in [0, 0.1) is 11.7 Å². The summed E-state index contributed by atoms with van der Waals surface area (Å²) >= 11 is 0. The summed E-state index contributed by atoms with van der Waals surface area (Å²) in [5, 5.41) is 12.6. The lowest BCUT2D eigenvalue weighted by Gasteiger charge is -2.18. The Hall–Kier alpha value is -1.93. The molecule has 1 aromatic carbocycles. The number of benzene rings is 1. The number of aliphatic hydroxyl groups excluding tert-OH is 1. The Balaban J connectivity index is 1.60. The van der Waals surface area contributed by atoms with E-state index in [-0.39, 0.29) is 22.9 Å². The van der Waals surface area contributed by atoms with Gasteiger partial charge in [-0.25, -0.2) is 9.18 Å². The van der Waals surface area contributed by atoms with Gasteiger partial charge in [0.25, 0.3) is 0 Å². The molecule has 3 unspecified atom stereocenters. The lowest BCUT2D eigenvalue weighted by atomic mass is 9.98. The third-order valence-electron chi connectivity index (χ3n) is 5.87. The first-order chi connectivity index (χ1) is 13.4. The number of urea groups is 1. The fraction of sp³-hybridized carbons (Fsp3) is 0.550. The number of hydrogen-bond donors (Lipinski definition) is 2. The maximum atomic E-state index is 14.7. The standard InChI is InChI=1S/C20H24FN2O4S/c1-10(24)16-9-17(27-11(16)2)28(26)23-20(25)22-19-14-7-3-5-12(14)18(21)13-6-4-8-15(13)19/h9-11,16,24H,3-8H2,1-2H3,(H,22,25)/q-1. The average molecular weight is 407 g/mol. The van der Waals surface area contributed by atoms with Gasteiger partial charge in [-0.05, 0) is 74.6 Å². The number of ether oxygens (including phenoxy) is 1. The van der Waals surface area contributed by atoms with Crippen LogP contribution in [0.15, 0.2) is 15.5 Å². The first-order valence-corrected chi connectivity index (χ1v) is 10.8. The molecule has 0 saturated carbocycles. The Morgan fingerprint density at radius 3 is 2.36 bits per heavy atom. The summed E-state index contributed by atoms with van der Waals surface area (Å²) in [5.41, 5.74) is 3.77. The zero-order valence-corrected chi connectivity index (χ0v) is 16.8. The lowest BCUT2D eigenvalue weighted by Crippen LogP contribution is -2.23. The monoisotopic (exact) mass is 407 g/mol. The molecule has 0 bridgehead atoms. The Bertz CT molecular complexity index is 915. The van der Waals surface area contributed by atoms with E-state index in [0.717, 1.165) is 36.8 Å². The van der Waals surface area contributed by atoms with Gasteiger partial charge in [0.1, 0.15) is 11.9 Å². The summed E-state index contributed by atoms with van der Waals surface area (Å²) in [7, 11) is -1.99. The quantitative estimate of drug-likeness (QED) is 0.747. The highest BCUT2D eigenvalue weighted by molar-refractivity contribution is 7.79. The number of anilines is 1. The molecule has 1 aliphatic heterocycles. The number of carbonyl (C=O) groups is 1. The molecule has 6 nitrogen and oxygen atoms in total. The van der Waals surface area contributed by atoms with Crippen molar-refractivity contribution in [2.75, 3.05) is 5.32 Å². The van der Waals surface area contributed by atoms with Crippen molar-refractivity contribution < 1.29 is 23.2 Å². The van der Waals surface area contributed by atoms with E-state index in [1.165, 1.54) is 0 Å². The van der Waals surface area contributed by atoms with Crippen molar-refractivity contribution in [3.8, 4) is 0 Å². The Morgan fingerprint density at radius 1 is 1.25 bits per heavy atom. The molecule has 0 saturated heterocycles. The molecule has 2 amide bonds. The summed E-state index contributed by atoms with van der Waals surface area (Å²) in [5.74, 6) is -0.401. The number of carbonyl (C=O) groups excluding carboxylic acids is 1. The normalized spacial score (nSPS) is 25.1. The first-order valence-electron chi connectivity index (χ1n) is 9.73. The van der Waals surface area contributed by atoms with E-state index in [0.29, 0.717) is 29.7 Å². The fourth-order valence-corrected chi connectivity index (χ4v) is 5.31. The van der Waals surface area contributed by atoms with E-state index in [1.807, 2.05) is 0 Å². The third-order valence-corrected chi connectivity index (χ3v) is 6.78. The van der Waals surface area contributed by atoms with Crippen LogP contribution in [0.25, 0.3) is 0 Å². The van der Waals surface area contributed by atoms with Gasteiger partial charge in [-0.15, -0.1) is 10.6 Å². The highest BCUT2D eigenvalue weighted by Gasteiger charge is 2.30. The van der Waals surface area contributed by atoms with Crippen molar-refractivity contribution in [1.29, 1.82) is 0 Å². The summed E-state index contributed by atoms with van der Waals surface area (Å²) in [6, 6.07) is -0.731. The second kappa shape index (κ2) is 7.48. The number of halogens is 1. The average Bonchev–Trinajstić information content (AvgIpc) is 3.37. The van der Waals surface area contributed by atoms with Crippen LogP contribution in [0.2, 0.25) is 0 Å². The van der Waals surface area contributed by atoms with Crippen LogP contribution in [0.4, 0.5) is 14.9 Å². The minimum absolute atomic E-state index is 0.0862. The molecule has 1 aromatic rings. The van der Waals surface area contributed by atoms with E-state index in [2.05, 4.69) is 9.68 Å². The van der Waals surface area contributed by atoms with Crippen molar-refractivity contribution in [2.24, 2.45) is 10.3 Å². The SMILES string of the molecule is CC(O)C1C=C([S-](=O)=NC(=O)Nc2c3c(c(F)c4c2CCC4)CCC3)OC1C. The highest BCUT2D eigenvalue weighted by Crippen LogP contribution is 2.41. The number of rotatable bonds is 3. The molecule has 0 aromatic heterocycles. The van der Waals surface area contributed by atoms with E-state index < -0.39 is 22.7 Å². The lowest BCUT2D eigenvalue weighted by molar-refractivity contribution is 0.0665. The van der Waals surface area contributed by atoms with Crippen molar-refractivity contribution in [2.45, 2.75) is 64.6 Å². The molecule has 3 atom stereocenters. The third kappa shape index (κ3) is 3.33. The molecule has 0 fully saturated rings. The predicted molar refractivity (Wildman–Crippen MR) is 104 cm³/mol. The summed E-state index contributed by atoms with van der Waals surface area (Å²) in [6.07, 6.45) is 5.11. The van der Waals surface area contributed by atoms with Crippen LogP contribution in [0.3, 0.4) is 0 Å². The zero-order valence-electron chi connectivity index (χ0n) is 16.0.